The van der Waals surface area contributed by atoms with Crippen molar-refractivity contribution in [3.63, 3.8) is 0 Å². The van der Waals surface area contributed by atoms with Gasteiger partial charge in [-0.15, -0.1) is 0 Å². The Morgan fingerprint density at radius 1 is 1.62 bits per heavy atom. The smallest absolute Gasteiger partial charge is 0.251 e. The molecule has 0 N–H and O–H groups in total. The van der Waals surface area contributed by atoms with Crippen LogP contribution < -0.4 is 5.56 Å². The number of hydrogen-bond acceptors (Lipinski definition) is 1. The zero-order valence-corrected chi connectivity index (χ0v) is 9.39. The van der Waals surface area contributed by atoms with Gasteiger partial charge in [0.1, 0.15) is 0 Å². The molecule has 0 aliphatic heterocycles. The van der Waals surface area contributed by atoms with E-state index in [0.717, 1.165) is 15.7 Å². The van der Waals surface area contributed by atoms with Gasteiger partial charge in [0.2, 0.25) is 0 Å². The highest BCUT2D eigenvalue weighted by Gasteiger charge is 2.02. The maximum Gasteiger partial charge on any atom is 0.251 e. The number of halogens is 1. The van der Waals surface area contributed by atoms with Crippen LogP contribution in [0.4, 0.5) is 0 Å². The maximum atomic E-state index is 11.4. The third kappa shape index (κ3) is 2.31. The van der Waals surface area contributed by atoms with Gasteiger partial charge in [0.25, 0.3) is 5.56 Å². The lowest BCUT2D eigenvalue weighted by molar-refractivity contribution is 0.717. The molecule has 0 saturated heterocycles. The quantitative estimate of drug-likeness (QED) is 0.730. The van der Waals surface area contributed by atoms with Crippen LogP contribution in [0.3, 0.4) is 0 Å². The van der Waals surface area contributed by atoms with Crippen molar-refractivity contribution < 1.29 is 0 Å². The molecule has 0 saturated carbocycles. The average molecular weight is 242 g/mol. The van der Waals surface area contributed by atoms with Gasteiger partial charge in [-0.25, -0.2) is 0 Å². The van der Waals surface area contributed by atoms with Crippen LogP contribution >= 0.6 is 15.9 Å². The minimum absolute atomic E-state index is 0.0173. The van der Waals surface area contributed by atoms with Crippen molar-refractivity contribution in [2.75, 3.05) is 0 Å². The fraction of sp³-hybridized carbons (Fsp3) is 0.300. The summed E-state index contributed by atoms with van der Waals surface area (Å²) >= 11 is 3.38. The summed E-state index contributed by atoms with van der Waals surface area (Å²) in [7, 11) is 0. The van der Waals surface area contributed by atoms with E-state index in [2.05, 4.69) is 22.5 Å². The lowest BCUT2D eigenvalue weighted by Crippen LogP contribution is -2.21. The lowest BCUT2D eigenvalue weighted by Gasteiger charge is -2.10. The van der Waals surface area contributed by atoms with Gasteiger partial charge >= 0.3 is 0 Å². The summed E-state index contributed by atoms with van der Waals surface area (Å²) in [6, 6.07) is 3.33. The number of aromatic nitrogens is 1. The van der Waals surface area contributed by atoms with E-state index in [1.54, 1.807) is 16.7 Å². The van der Waals surface area contributed by atoms with Crippen LogP contribution in [0, 0.1) is 6.92 Å². The molecule has 0 atom stereocenters. The molecule has 3 heteroatoms. The summed E-state index contributed by atoms with van der Waals surface area (Å²) in [6.45, 7) is 8.20. The molecule has 0 aromatic carbocycles. The van der Waals surface area contributed by atoms with E-state index >= 15 is 0 Å². The fourth-order valence-corrected chi connectivity index (χ4v) is 1.46. The Morgan fingerprint density at radius 3 is 2.77 bits per heavy atom. The number of hydrogen-bond donors (Lipinski definition) is 0. The molecule has 0 amide bonds. The van der Waals surface area contributed by atoms with E-state index in [0.29, 0.717) is 6.54 Å². The first-order chi connectivity index (χ1) is 6.02. The van der Waals surface area contributed by atoms with Crippen LogP contribution in [-0.2, 0) is 6.54 Å². The molecule has 0 unspecified atom stereocenters. The molecule has 13 heavy (non-hydrogen) atoms. The van der Waals surface area contributed by atoms with Crippen molar-refractivity contribution in [3.05, 3.63) is 44.8 Å². The monoisotopic (exact) mass is 241 g/mol. The van der Waals surface area contributed by atoms with Gasteiger partial charge in [-0.05, 0) is 35.8 Å². The first-order valence-corrected chi connectivity index (χ1v) is 4.82. The second kappa shape index (κ2) is 3.92. The van der Waals surface area contributed by atoms with Gasteiger partial charge in [-0.3, -0.25) is 4.79 Å². The Bertz CT molecular complexity index is 392. The first kappa shape index (κ1) is 10.3. The van der Waals surface area contributed by atoms with E-state index in [1.165, 1.54) is 0 Å². The summed E-state index contributed by atoms with van der Waals surface area (Å²) in [5.74, 6) is 0. The highest BCUT2D eigenvalue weighted by Crippen LogP contribution is 2.13. The highest BCUT2D eigenvalue weighted by molar-refractivity contribution is 9.10. The molecule has 0 aliphatic rings. The second-order valence-electron chi connectivity index (χ2n) is 3.15. The van der Waals surface area contributed by atoms with Crippen LogP contribution in [0.2, 0.25) is 0 Å². The van der Waals surface area contributed by atoms with Gasteiger partial charge in [0, 0.05) is 22.8 Å². The molecular formula is C10H12BrNO. The molecule has 0 bridgehead atoms. The topological polar surface area (TPSA) is 22.0 Å². The number of pyridine rings is 1. The van der Waals surface area contributed by atoms with Crippen LogP contribution in [0.15, 0.2) is 33.6 Å². The third-order valence-electron chi connectivity index (χ3n) is 1.82. The molecule has 1 heterocycles. The number of rotatable bonds is 2. The zero-order chi connectivity index (χ0) is 10.0. The Balaban J connectivity index is 3.25. The predicted molar refractivity (Wildman–Crippen MR) is 58.0 cm³/mol. The Labute approximate surface area is 86.0 Å². The third-order valence-corrected chi connectivity index (χ3v) is 2.65. The van der Waals surface area contributed by atoms with Gasteiger partial charge in [0.15, 0.2) is 0 Å². The molecule has 0 radical (unpaired) electrons. The second-order valence-corrected chi connectivity index (χ2v) is 4.00. The van der Waals surface area contributed by atoms with E-state index in [-0.39, 0.29) is 5.56 Å². The molecule has 1 aromatic rings. The minimum Gasteiger partial charge on any atom is -0.308 e. The maximum absolute atomic E-state index is 11.4. The minimum atomic E-state index is 0.0173. The van der Waals surface area contributed by atoms with Gasteiger partial charge in [0.05, 0.1) is 0 Å². The Morgan fingerprint density at radius 2 is 2.23 bits per heavy atom. The van der Waals surface area contributed by atoms with E-state index in [4.69, 9.17) is 0 Å². The fourth-order valence-electron chi connectivity index (χ4n) is 1.12. The lowest BCUT2D eigenvalue weighted by atomic mass is 10.3. The van der Waals surface area contributed by atoms with Crippen LogP contribution in [-0.4, -0.2) is 4.57 Å². The Kier molecular flexibility index (Phi) is 3.09. The SMILES string of the molecule is C=C(C)Cn1c(C)c(Br)ccc1=O. The summed E-state index contributed by atoms with van der Waals surface area (Å²) in [6.07, 6.45) is 0. The van der Waals surface area contributed by atoms with Crippen LogP contribution in [0.5, 0.6) is 0 Å². The summed E-state index contributed by atoms with van der Waals surface area (Å²) < 4.78 is 2.65. The van der Waals surface area contributed by atoms with Crippen molar-refractivity contribution in [1.82, 2.24) is 4.57 Å². The molecule has 2 nitrogen and oxygen atoms in total. The molecule has 1 rings (SSSR count). The predicted octanol–water partition coefficient (Wildman–Crippen LogP) is 2.50. The number of nitrogens with zero attached hydrogens (tertiary/aromatic N) is 1. The van der Waals surface area contributed by atoms with Gasteiger partial charge < -0.3 is 4.57 Å². The molecule has 70 valence electrons. The van der Waals surface area contributed by atoms with Crippen molar-refractivity contribution in [2.45, 2.75) is 20.4 Å². The standard InChI is InChI=1S/C10H12BrNO/c1-7(2)6-12-8(3)9(11)4-5-10(12)13/h4-5H,1,6H2,2-3H3. The van der Waals surface area contributed by atoms with Crippen molar-refractivity contribution in [2.24, 2.45) is 0 Å². The summed E-state index contributed by atoms with van der Waals surface area (Å²) in [5, 5.41) is 0. The highest BCUT2D eigenvalue weighted by atomic mass is 79.9. The molecule has 0 aliphatic carbocycles. The zero-order valence-electron chi connectivity index (χ0n) is 7.80. The number of allylic oxidation sites excluding steroid dienone is 1. The van der Waals surface area contributed by atoms with E-state index < -0.39 is 0 Å². The van der Waals surface area contributed by atoms with Gasteiger partial charge in [-0.2, -0.15) is 0 Å². The van der Waals surface area contributed by atoms with Crippen molar-refractivity contribution in [3.8, 4) is 0 Å². The molecule has 1 aromatic heterocycles. The molecule has 0 spiro atoms. The molecule has 0 fully saturated rings. The summed E-state index contributed by atoms with van der Waals surface area (Å²) in [5.41, 5.74) is 1.93. The Hall–Kier alpha value is -0.830. The van der Waals surface area contributed by atoms with Crippen LogP contribution in [0.25, 0.3) is 0 Å². The van der Waals surface area contributed by atoms with E-state index in [9.17, 15) is 4.79 Å². The van der Waals surface area contributed by atoms with Gasteiger partial charge in [-0.1, -0.05) is 12.2 Å². The largest absolute Gasteiger partial charge is 0.308 e. The normalized spacial score (nSPS) is 10.1. The van der Waals surface area contributed by atoms with Crippen molar-refractivity contribution >= 4 is 15.9 Å². The first-order valence-electron chi connectivity index (χ1n) is 4.02. The molecular weight excluding hydrogens is 230 g/mol. The van der Waals surface area contributed by atoms with Crippen molar-refractivity contribution in [1.29, 1.82) is 0 Å². The van der Waals surface area contributed by atoms with Crippen LogP contribution in [0.1, 0.15) is 12.6 Å². The summed E-state index contributed by atoms with van der Waals surface area (Å²) in [4.78, 5) is 11.4. The average Bonchev–Trinajstić information content (AvgIpc) is 2.05. The van der Waals surface area contributed by atoms with E-state index in [1.807, 2.05) is 13.8 Å².